The molecule has 8 heteroatoms. The van der Waals surface area contributed by atoms with Gasteiger partial charge in [-0.2, -0.15) is 8.42 Å². The Kier molecular flexibility index (Phi) is 8.14. The monoisotopic (exact) mass is 394 g/mol. The number of hydrogen-bond acceptors (Lipinski definition) is 4. The Hall–Kier alpha value is -2.71. The fourth-order valence-electron chi connectivity index (χ4n) is 2.34. The Morgan fingerprint density at radius 1 is 1.07 bits per heavy atom. The number of aliphatic carboxylic acids is 2. The molecule has 0 aliphatic carbocycles. The van der Waals surface area contributed by atoms with Gasteiger partial charge in [0.15, 0.2) is 0 Å². The van der Waals surface area contributed by atoms with E-state index >= 15 is 0 Å². The lowest BCUT2D eigenvalue weighted by molar-refractivity contribution is -0.133. The van der Waals surface area contributed by atoms with Crippen molar-refractivity contribution >= 4 is 28.1 Å². The molecule has 0 aliphatic rings. The molecule has 0 bridgehead atoms. The van der Waals surface area contributed by atoms with Crippen molar-refractivity contribution in [3.63, 3.8) is 0 Å². The minimum absolute atomic E-state index is 0.0176. The maximum atomic E-state index is 11.9. The summed E-state index contributed by atoms with van der Waals surface area (Å²) in [5.74, 6) is -2.83. The number of rotatable bonds is 9. The molecular weight excluding hydrogens is 372 g/mol. The van der Waals surface area contributed by atoms with Crippen LogP contribution in [-0.4, -0.2) is 35.1 Å². The standard InChI is InChI=1S/C19H22O7S/c1-3-4-10-15(11-13(2)18(20)21)17(19(22)23)16(27(24,25)26)12-14-8-6-5-7-9-14/h5-9,11-12H,3-4,10H2,1-2H3,(H,20,21)(H,22,23)(H,24,25,26). The Morgan fingerprint density at radius 2 is 1.67 bits per heavy atom. The molecule has 3 N–H and O–H groups in total. The number of benzene rings is 1. The van der Waals surface area contributed by atoms with Crippen molar-refractivity contribution in [3.05, 3.63) is 63.6 Å². The lowest BCUT2D eigenvalue weighted by Gasteiger charge is -2.12. The summed E-state index contributed by atoms with van der Waals surface area (Å²) in [6, 6.07) is 8.06. The summed E-state index contributed by atoms with van der Waals surface area (Å²) in [6.07, 6.45) is 3.52. The number of hydrogen-bond donors (Lipinski definition) is 3. The van der Waals surface area contributed by atoms with Gasteiger partial charge in [-0.25, -0.2) is 9.59 Å². The van der Waals surface area contributed by atoms with E-state index in [4.69, 9.17) is 5.11 Å². The molecule has 0 aliphatic heterocycles. The molecule has 0 radical (unpaired) electrons. The van der Waals surface area contributed by atoms with Crippen LogP contribution in [0.1, 0.15) is 38.7 Å². The van der Waals surface area contributed by atoms with Crippen molar-refractivity contribution in [1.29, 1.82) is 0 Å². The molecule has 1 aromatic rings. The van der Waals surface area contributed by atoms with E-state index in [-0.39, 0.29) is 17.6 Å². The van der Waals surface area contributed by atoms with Gasteiger partial charge in [0.1, 0.15) is 4.91 Å². The fraction of sp³-hybridized carbons (Fsp3) is 0.263. The van der Waals surface area contributed by atoms with Crippen LogP contribution in [0.4, 0.5) is 0 Å². The quantitative estimate of drug-likeness (QED) is 0.332. The Balaban J connectivity index is 3.82. The number of carboxylic acid groups (broad SMARTS) is 2. The SMILES string of the molecule is CCCCC(C=C(C)C(=O)O)=C(C(=O)O)C(=Cc1ccccc1)S(=O)(=O)O. The van der Waals surface area contributed by atoms with Gasteiger partial charge in [-0.3, -0.25) is 4.55 Å². The summed E-state index contributed by atoms with van der Waals surface area (Å²) in [5.41, 5.74) is -0.397. The average Bonchev–Trinajstić information content (AvgIpc) is 2.58. The first-order chi connectivity index (χ1) is 12.6. The molecule has 0 saturated carbocycles. The molecule has 27 heavy (non-hydrogen) atoms. The zero-order chi connectivity index (χ0) is 20.6. The van der Waals surface area contributed by atoms with Crippen molar-refractivity contribution in [1.82, 2.24) is 0 Å². The highest BCUT2D eigenvalue weighted by Gasteiger charge is 2.27. The predicted octanol–water partition coefficient (Wildman–Crippen LogP) is 3.52. The molecular formula is C19H22O7S. The van der Waals surface area contributed by atoms with Gasteiger partial charge < -0.3 is 10.2 Å². The summed E-state index contributed by atoms with van der Waals surface area (Å²) in [7, 11) is -4.89. The summed E-state index contributed by atoms with van der Waals surface area (Å²) in [6.45, 7) is 3.14. The van der Waals surface area contributed by atoms with Crippen molar-refractivity contribution in [2.24, 2.45) is 0 Å². The number of allylic oxidation sites excluding steroid dienone is 2. The minimum Gasteiger partial charge on any atom is -0.478 e. The van der Waals surface area contributed by atoms with Gasteiger partial charge in [0, 0.05) is 5.57 Å². The van der Waals surface area contributed by atoms with Crippen LogP contribution < -0.4 is 0 Å². The normalized spacial score (nSPS) is 13.9. The molecule has 7 nitrogen and oxygen atoms in total. The molecule has 0 amide bonds. The van der Waals surface area contributed by atoms with E-state index in [1.165, 1.54) is 6.92 Å². The van der Waals surface area contributed by atoms with E-state index in [0.717, 1.165) is 12.2 Å². The van der Waals surface area contributed by atoms with Crippen molar-refractivity contribution < 1.29 is 32.8 Å². The lowest BCUT2D eigenvalue weighted by atomic mass is 9.98. The maximum absolute atomic E-state index is 11.9. The molecule has 1 rings (SSSR count). The number of carboxylic acids is 2. The van der Waals surface area contributed by atoms with E-state index in [0.29, 0.717) is 18.4 Å². The first-order valence-corrected chi connectivity index (χ1v) is 9.64. The molecule has 0 spiro atoms. The van der Waals surface area contributed by atoms with E-state index in [2.05, 4.69) is 0 Å². The van der Waals surface area contributed by atoms with Gasteiger partial charge in [0.25, 0.3) is 10.1 Å². The summed E-state index contributed by atoms with van der Waals surface area (Å²) in [4.78, 5) is 22.2. The van der Waals surface area contributed by atoms with Gasteiger partial charge in [-0.15, -0.1) is 0 Å². The molecule has 0 unspecified atom stereocenters. The molecule has 0 atom stereocenters. The molecule has 0 heterocycles. The van der Waals surface area contributed by atoms with Crippen molar-refractivity contribution in [2.45, 2.75) is 33.1 Å². The first kappa shape index (κ1) is 22.3. The van der Waals surface area contributed by atoms with Crippen LogP contribution in [0.2, 0.25) is 0 Å². The van der Waals surface area contributed by atoms with Gasteiger partial charge >= 0.3 is 11.9 Å². The van der Waals surface area contributed by atoms with Gasteiger partial charge in [0.05, 0.1) is 5.57 Å². The zero-order valence-corrected chi connectivity index (χ0v) is 15.9. The van der Waals surface area contributed by atoms with Crippen molar-refractivity contribution in [3.8, 4) is 0 Å². The first-order valence-electron chi connectivity index (χ1n) is 8.20. The number of carbonyl (C=O) groups is 2. The highest BCUT2D eigenvalue weighted by molar-refractivity contribution is 7.90. The third kappa shape index (κ3) is 6.84. The van der Waals surface area contributed by atoms with E-state index in [1.54, 1.807) is 30.3 Å². The maximum Gasteiger partial charge on any atom is 0.337 e. The predicted molar refractivity (Wildman–Crippen MR) is 102 cm³/mol. The zero-order valence-electron chi connectivity index (χ0n) is 15.0. The second kappa shape index (κ2) is 9.84. The summed E-state index contributed by atoms with van der Waals surface area (Å²) >= 11 is 0. The fourth-order valence-corrected chi connectivity index (χ4v) is 3.10. The van der Waals surface area contributed by atoms with Gasteiger partial charge in [-0.1, -0.05) is 43.7 Å². The second-order valence-corrected chi connectivity index (χ2v) is 7.23. The van der Waals surface area contributed by atoms with E-state index in [9.17, 15) is 27.7 Å². The Labute approximate surface area is 158 Å². The van der Waals surface area contributed by atoms with Crippen LogP contribution in [-0.2, 0) is 19.7 Å². The lowest BCUT2D eigenvalue weighted by Crippen LogP contribution is -2.14. The highest BCUT2D eigenvalue weighted by Crippen LogP contribution is 2.27. The van der Waals surface area contributed by atoms with E-state index < -0.39 is 32.5 Å². The molecule has 0 saturated heterocycles. The molecule has 1 aromatic carbocycles. The van der Waals surface area contributed by atoms with Gasteiger partial charge in [-0.05, 0) is 43.1 Å². The minimum atomic E-state index is -4.89. The van der Waals surface area contributed by atoms with Gasteiger partial charge in [0.2, 0.25) is 0 Å². The largest absolute Gasteiger partial charge is 0.478 e. The third-order valence-electron chi connectivity index (χ3n) is 3.68. The van der Waals surface area contributed by atoms with Crippen LogP contribution in [0.25, 0.3) is 6.08 Å². The smallest absolute Gasteiger partial charge is 0.337 e. The Bertz CT molecular complexity index is 891. The van der Waals surface area contributed by atoms with Crippen LogP contribution in [0.15, 0.2) is 58.0 Å². The summed E-state index contributed by atoms with van der Waals surface area (Å²) < 4.78 is 33.5. The molecule has 0 fully saturated rings. The Morgan fingerprint density at radius 3 is 2.11 bits per heavy atom. The number of unbranched alkanes of at least 4 members (excludes halogenated alkanes) is 1. The highest BCUT2D eigenvalue weighted by atomic mass is 32.2. The third-order valence-corrected chi connectivity index (χ3v) is 4.56. The van der Waals surface area contributed by atoms with Crippen LogP contribution >= 0.6 is 0 Å². The van der Waals surface area contributed by atoms with Crippen LogP contribution in [0, 0.1) is 0 Å². The molecule has 146 valence electrons. The molecule has 0 aromatic heterocycles. The topological polar surface area (TPSA) is 129 Å². The van der Waals surface area contributed by atoms with E-state index in [1.807, 2.05) is 6.92 Å². The van der Waals surface area contributed by atoms with Crippen LogP contribution in [0.5, 0.6) is 0 Å². The van der Waals surface area contributed by atoms with Crippen molar-refractivity contribution in [2.75, 3.05) is 0 Å². The second-order valence-electron chi connectivity index (χ2n) is 5.84. The van der Waals surface area contributed by atoms with Crippen LogP contribution in [0.3, 0.4) is 0 Å². The summed E-state index contributed by atoms with van der Waals surface area (Å²) in [5, 5.41) is 18.7. The average molecular weight is 394 g/mol.